The van der Waals surface area contributed by atoms with Crippen LogP contribution in [0.1, 0.15) is 12.0 Å². The van der Waals surface area contributed by atoms with Gasteiger partial charge in [-0.3, -0.25) is 4.79 Å². The molecule has 0 bridgehead atoms. The monoisotopic (exact) mass is 384 g/mol. The first kappa shape index (κ1) is 20.6. The molecule has 0 aliphatic carbocycles. The standard InChI is InChI=1S/C14H15F3N2O3S.ClH/c15-9-6-11(17)10(16)4-7(9)3-8(18)5-12(20)19-1-2-23-13(19)14(21)22;/h4,6,8,13H,1-3,5,18H2,(H,21,22);1H/t8-,13?;/m1./s1. The highest BCUT2D eigenvalue weighted by atomic mass is 35.5. The summed E-state index contributed by atoms with van der Waals surface area (Å²) in [7, 11) is 0. The summed E-state index contributed by atoms with van der Waals surface area (Å²) in [5.41, 5.74) is 5.64. The third-order valence-corrected chi connectivity index (χ3v) is 4.62. The Morgan fingerprint density at radius 2 is 1.92 bits per heavy atom. The lowest BCUT2D eigenvalue weighted by Crippen LogP contribution is -2.42. The number of carbonyl (C=O) groups is 2. The number of carboxylic acids is 1. The molecule has 2 atom stereocenters. The summed E-state index contributed by atoms with van der Waals surface area (Å²) in [6, 6.07) is 0.305. The van der Waals surface area contributed by atoms with E-state index in [0.29, 0.717) is 24.4 Å². The number of amides is 1. The van der Waals surface area contributed by atoms with Crippen LogP contribution in [0.3, 0.4) is 0 Å². The lowest BCUT2D eigenvalue weighted by Gasteiger charge is -2.22. The first-order valence-electron chi connectivity index (χ1n) is 6.82. The van der Waals surface area contributed by atoms with E-state index in [4.69, 9.17) is 10.8 Å². The Kier molecular flexibility index (Phi) is 7.37. The molecule has 1 aromatic carbocycles. The van der Waals surface area contributed by atoms with Crippen molar-refractivity contribution in [2.24, 2.45) is 5.73 Å². The first-order chi connectivity index (χ1) is 10.8. The fourth-order valence-electron chi connectivity index (χ4n) is 2.35. The minimum absolute atomic E-state index is 0. The van der Waals surface area contributed by atoms with Crippen molar-refractivity contribution in [1.82, 2.24) is 4.90 Å². The van der Waals surface area contributed by atoms with Gasteiger partial charge in [0.25, 0.3) is 0 Å². The predicted octanol–water partition coefficient (Wildman–Crippen LogP) is 1.77. The van der Waals surface area contributed by atoms with E-state index in [1.165, 1.54) is 4.90 Å². The average Bonchev–Trinajstić information content (AvgIpc) is 2.94. The molecule has 1 amide bonds. The van der Waals surface area contributed by atoms with Gasteiger partial charge in [-0.15, -0.1) is 24.2 Å². The first-order valence-corrected chi connectivity index (χ1v) is 7.87. The van der Waals surface area contributed by atoms with Gasteiger partial charge in [0.15, 0.2) is 17.0 Å². The molecule has 0 spiro atoms. The van der Waals surface area contributed by atoms with Gasteiger partial charge in [-0.2, -0.15) is 0 Å². The Bertz CT molecular complexity index is 636. The molecule has 1 aromatic rings. The van der Waals surface area contributed by atoms with Crippen LogP contribution in [-0.4, -0.2) is 45.6 Å². The molecule has 1 fully saturated rings. The average molecular weight is 385 g/mol. The molecule has 0 saturated carbocycles. The van der Waals surface area contributed by atoms with Crippen LogP contribution in [-0.2, 0) is 16.0 Å². The lowest BCUT2D eigenvalue weighted by atomic mass is 10.0. The molecule has 134 valence electrons. The third-order valence-electron chi connectivity index (χ3n) is 3.43. The molecular weight excluding hydrogens is 369 g/mol. The van der Waals surface area contributed by atoms with Crippen molar-refractivity contribution in [3.63, 3.8) is 0 Å². The van der Waals surface area contributed by atoms with Gasteiger partial charge in [0, 0.05) is 30.8 Å². The predicted molar refractivity (Wildman–Crippen MR) is 85.5 cm³/mol. The second-order valence-corrected chi connectivity index (χ2v) is 6.36. The van der Waals surface area contributed by atoms with Crippen LogP contribution in [0, 0.1) is 17.5 Å². The minimum Gasteiger partial charge on any atom is -0.479 e. The van der Waals surface area contributed by atoms with Crippen LogP contribution in [0.15, 0.2) is 12.1 Å². The Labute approximate surface area is 146 Å². The van der Waals surface area contributed by atoms with E-state index in [2.05, 4.69) is 0 Å². The molecule has 1 aliphatic heterocycles. The number of benzene rings is 1. The Morgan fingerprint density at radius 3 is 2.54 bits per heavy atom. The van der Waals surface area contributed by atoms with Crippen molar-refractivity contribution >= 4 is 36.0 Å². The van der Waals surface area contributed by atoms with Crippen LogP contribution >= 0.6 is 24.2 Å². The molecule has 0 aromatic heterocycles. The number of nitrogens with zero attached hydrogens (tertiary/aromatic N) is 1. The number of halogens is 4. The second-order valence-electron chi connectivity index (χ2n) is 5.17. The number of hydrogen-bond donors (Lipinski definition) is 2. The van der Waals surface area contributed by atoms with Crippen molar-refractivity contribution in [1.29, 1.82) is 0 Å². The highest BCUT2D eigenvalue weighted by Gasteiger charge is 2.35. The number of carbonyl (C=O) groups excluding carboxylic acids is 1. The zero-order valence-corrected chi connectivity index (χ0v) is 14.0. The summed E-state index contributed by atoms with van der Waals surface area (Å²) in [5.74, 6) is -4.49. The molecule has 1 aliphatic rings. The van der Waals surface area contributed by atoms with E-state index in [0.717, 1.165) is 11.8 Å². The van der Waals surface area contributed by atoms with Gasteiger partial charge in [0.2, 0.25) is 5.91 Å². The van der Waals surface area contributed by atoms with E-state index in [1.54, 1.807) is 0 Å². The smallest absolute Gasteiger partial charge is 0.337 e. The summed E-state index contributed by atoms with van der Waals surface area (Å²) in [4.78, 5) is 24.3. The molecule has 0 radical (unpaired) electrons. The van der Waals surface area contributed by atoms with Gasteiger partial charge in [0.1, 0.15) is 5.82 Å². The number of hydrogen-bond acceptors (Lipinski definition) is 4. The summed E-state index contributed by atoms with van der Waals surface area (Å²) in [6.07, 6.45) is -0.365. The summed E-state index contributed by atoms with van der Waals surface area (Å²) < 4.78 is 39.6. The normalized spacial score (nSPS) is 18.2. The molecule has 3 N–H and O–H groups in total. The molecule has 10 heteroatoms. The number of rotatable bonds is 5. The van der Waals surface area contributed by atoms with Crippen molar-refractivity contribution < 1.29 is 27.9 Å². The van der Waals surface area contributed by atoms with Crippen LogP contribution in [0.2, 0.25) is 0 Å². The fraction of sp³-hybridized carbons (Fsp3) is 0.429. The van der Waals surface area contributed by atoms with Crippen molar-refractivity contribution in [2.75, 3.05) is 12.3 Å². The van der Waals surface area contributed by atoms with E-state index in [9.17, 15) is 22.8 Å². The van der Waals surface area contributed by atoms with Crippen LogP contribution < -0.4 is 5.73 Å². The molecular formula is C14H16ClF3N2O3S. The second kappa shape index (κ2) is 8.59. The third kappa shape index (κ3) is 4.78. The topological polar surface area (TPSA) is 83.6 Å². The summed E-state index contributed by atoms with van der Waals surface area (Å²) >= 11 is 1.14. The van der Waals surface area contributed by atoms with Crippen molar-refractivity contribution in [3.05, 3.63) is 35.1 Å². The molecule has 24 heavy (non-hydrogen) atoms. The quantitative estimate of drug-likeness (QED) is 0.756. The molecule has 1 heterocycles. The number of aliphatic carboxylic acids is 1. The fourth-order valence-corrected chi connectivity index (χ4v) is 3.42. The number of nitrogens with two attached hydrogens (primary N) is 1. The Morgan fingerprint density at radius 1 is 1.29 bits per heavy atom. The zero-order valence-electron chi connectivity index (χ0n) is 12.4. The summed E-state index contributed by atoms with van der Waals surface area (Å²) in [6.45, 7) is 0.298. The van der Waals surface area contributed by atoms with Gasteiger partial charge < -0.3 is 15.7 Å². The van der Waals surface area contributed by atoms with E-state index in [-0.39, 0.29) is 30.8 Å². The van der Waals surface area contributed by atoms with Crippen molar-refractivity contribution in [2.45, 2.75) is 24.3 Å². The Balaban J connectivity index is 0.00000288. The maximum Gasteiger partial charge on any atom is 0.337 e. The van der Waals surface area contributed by atoms with Crippen LogP contribution in [0.5, 0.6) is 0 Å². The number of carboxylic acid groups (broad SMARTS) is 1. The highest BCUT2D eigenvalue weighted by molar-refractivity contribution is 8.00. The van der Waals surface area contributed by atoms with Crippen LogP contribution in [0.25, 0.3) is 0 Å². The van der Waals surface area contributed by atoms with Gasteiger partial charge in [-0.05, 0) is 18.1 Å². The molecule has 2 rings (SSSR count). The molecule has 1 unspecified atom stereocenters. The van der Waals surface area contributed by atoms with Gasteiger partial charge in [-0.25, -0.2) is 18.0 Å². The molecule has 1 saturated heterocycles. The van der Waals surface area contributed by atoms with Gasteiger partial charge >= 0.3 is 5.97 Å². The Hall–Kier alpha value is -1.45. The minimum atomic E-state index is -1.30. The largest absolute Gasteiger partial charge is 0.479 e. The zero-order chi connectivity index (χ0) is 17.1. The van der Waals surface area contributed by atoms with Crippen LogP contribution in [0.4, 0.5) is 13.2 Å². The van der Waals surface area contributed by atoms with Gasteiger partial charge in [0.05, 0.1) is 0 Å². The maximum atomic E-state index is 13.6. The lowest BCUT2D eigenvalue weighted by molar-refractivity contribution is -0.145. The van der Waals surface area contributed by atoms with Gasteiger partial charge in [-0.1, -0.05) is 0 Å². The SMILES string of the molecule is Cl.N[C@@H](CC(=O)N1CCSC1C(=O)O)Cc1cc(F)c(F)cc1F. The van der Waals surface area contributed by atoms with Crippen molar-refractivity contribution in [3.8, 4) is 0 Å². The highest BCUT2D eigenvalue weighted by Crippen LogP contribution is 2.25. The maximum absolute atomic E-state index is 13.6. The van der Waals surface area contributed by atoms with E-state index < -0.39 is 40.7 Å². The summed E-state index contributed by atoms with van der Waals surface area (Å²) in [5, 5.41) is 8.07. The number of thioether (sulfide) groups is 1. The van der Waals surface area contributed by atoms with E-state index in [1.807, 2.05) is 0 Å². The molecule has 5 nitrogen and oxygen atoms in total. The van der Waals surface area contributed by atoms with E-state index >= 15 is 0 Å².